The lowest BCUT2D eigenvalue weighted by Gasteiger charge is -2.52. The molecule has 0 aliphatic carbocycles. The Bertz CT molecular complexity index is 887. The number of nitrogens with one attached hydrogen (secondary N) is 1. The van der Waals surface area contributed by atoms with Crippen LogP contribution in [0.3, 0.4) is 0 Å². The van der Waals surface area contributed by atoms with Crippen molar-refractivity contribution in [3.63, 3.8) is 0 Å². The zero-order chi connectivity index (χ0) is 19.9. The zero-order valence-corrected chi connectivity index (χ0v) is 15.3. The molecule has 0 radical (unpaired) electrons. The number of nitrogens with zero attached hydrogens (tertiary/aromatic N) is 2. The van der Waals surface area contributed by atoms with Gasteiger partial charge in [-0.05, 0) is 61.9 Å². The van der Waals surface area contributed by atoms with Crippen LogP contribution in [0.5, 0.6) is 5.75 Å². The van der Waals surface area contributed by atoms with Gasteiger partial charge in [-0.2, -0.15) is 0 Å². The minimum absolute atomic E-state index is 0.122. The van der Waals surface area contributed by atoms with E-state index >= 15 is 0 Å². The van der Waals surface area contributed by atoms with Crippen LogP contribution in [-0.4, -0.2) is 34.4 Å². The maximum absolute atomic E-state index is 12.6. The summed E-state index contributed by atoms with van der Waals surface area (Å²) in [5, 5.41) is 2.92. The van der Waals surface area contributed by atoms with Crippen LogP contribution < -0.4 is 10.1 Å². The highest BCUT2D eigenvalue weighted by Crippen LogP contribution is 2.38. The number of fused-ring (bicyclic) bond motifs is 2. The average Bonchev–Trinajstić information content (AvgIpc) is 2.62. The molecule has 1 aromatic carbocycles. The molecule has 2 saturated heterocycles. The molecule has 148 valence electrons. The Morgan fingerprint density at radius 1 is 1.21 bits per heavy atom. The largest absolute Gasteiger partial charge is 0.573 e. The fraction of sp³-hybridized carbons (Fsp3) is 0.400. The lowest BCUT2D eigenvalue weighted by atomic mass is 9.80. The molecule has 28 heavy (non-hydrogen) atoms. The number of aryl methyl sites for hydroxylation is 1. The summed E-state index contributed by atoms with van der Waals surface area (Å²) >= 11 is 0. The van der Waals surface area contributed by atoms with E-state index in [0.29, 0.717) is 28.9 Å². The minimum Gasteiger partial charge on any atom is -0.404 e. The molecule has 0 saturated carbocycles. The van der Waals surface area contributed by atoms with Gasteiger partial charge in [0.05, 0.1) is 6.20 Å². The molecule has 2 aromatic rings. The number of hydrogen-bond donors (Lipinski definition) is 1. The Hall–Kier alpha value is -2.77. The number of halogens is 3. The topological polar surface area (TPSA) is 54.5 Å². The van der Waals surface area contributed by atoms with Crippen molar-refractivity contribution in [2.75, 3.05) is 5.32 Å². The van der Waals surface area contributed by atoms with Gasteiger partial charge in [0, 0.05) is 29.5 Å². The third-order valence-electron chi connectivity index (χ3n) is 5.39. The molecule has 2 fully saturated rings. The predicted octanol–water partition coefficient (Wildman–Crippen LogP) is 5.11. The first-order valence-corrected chi connectivity index (χ1v) is 9.21. The number of anilines is 1. The maximum atomic E-state index is 12.6. The SMILES string of the molecule is Cc1ccc(NC(=O)N2C3CCCC2C3)cc1-c1cncc(OC(F)(F)F)c1. The number of pyridine rings is 1. The highest BCUT2D eigenvalue weighted by Gasteiger charge is 2.44. The summed E-state index contributed by atoms with van der Waals surface area (Å²) in [5.74, 6) is -0.382. The monoisotopic (exact) mass is 391 g/mol. The molecule has 8 heteroatoms. The number of amides is 2. The van der Waals surface area contributed by atoms with Crippen LogP contribution in [-0.2, 0) is 0 Å². The van der Waals surface area contributed by atoms with Crippen molar-refractivity contribution in [2.45, 2.75) is 51.1 Å². The van der Waals surface area contributed by atoms with Gasteiger partial charge in [0.1, 0.15) is 5.75 Å². The third-order valence-corrected chi connectivity index (χ3v) is 5.39. The molecule has 2 atom stereocenters. The number of hydrogen-bond acceptors (Lipinski definition) is 3. The van der Waals surface area contributed by atoms with Gasteiger partial charge < -0.3 is 15.0 Å². The number of carbonyl (C=O) groups is 1. The average molecular weight is 391 g/mol. The molecule has 1 N–H and O–H groups in total. The second-order valence-electron chi connectivity index (χ2n) is 7.30. The van der Waals surface area contributed by atoms with E-state index in [2.05, 4.69) is 15.0 Å². The molecule has 5 nitrogen and oxygen atoms in total. The van der Waals surface area contributed by atoms with Crippen molar-refractivity contribution in [1.29, 1.82) is 0 Å². The highest BCUT2D eigenvalue weighted by molar-refractivity contribution is 5.91. The number of rotatable bonds is 3. The van der Waals surface area contributed by atoms with Gasteiger partial charge in [-0.25, -0.2) is 4.79 Å². The summed E-state index contributed by atoms with van der Waals surface area (Å²) in [6.45, 7) is 1.85. The first-order valence-electron chi connectivity index (χ1n) is 9.21. The molecule has 2 aliphatic heterocycles. The third kappa shape index (κ3) is 3.76. The molecule has 1 aromatic heterocycles. The minimum atomic E-state index is -4.78. The molecule has 4 rings (SSSR count). The van der Waals surface area contributed by atoms with E-state index in [1.54, 1.807) is 12.1 Å². The summed E-state index contributed by atoms with van der Waals surface area (Å²) in [5.41, 5.74) is 2.61. The van der Waals surface area contributed by atoms with Crippen LogP contribution in [0.25, 0.3) is 11.1 Å². The lowest BCUT2D eigenvalue weighted by Crippen LogP contribution is -2.62. The number of benzene rings is 1. The van der Waals surface area contributed by atoms with Crippen molar-refractivity contribution in [3.8, 4) is 16.9 Å². The Labute approximate surface area is 160 Å². The summed E-state index contributed by atoms with van der Waals surface area (Å²) < 4.78 is 41.4. The molecule has 0 spiro atoms. The Kier molecular flexibility index (Phi) is 4.64. The van der Waals surface area contributed by atoms with E-state index in [0.717, 1.165) is 37.4 Å². The molecular weight excluding hydrogens is 371 g/mol. The van der Waals surface area contributed by atoms with Crippen LogP contribution in [0.4, 0.5) is 23.7 Å². The van der Waals surface area contributed by atoms with E-state index in [4.69, 9.17) is 0 Å². The Balaban J connectivity index is 1.54. The van der Waals surface area contributed by atoms with Gasteiger partial charge in [0.15, 0.2) is 0 Å². The van der Waals surface area contributed by atoms with E-state index in [9.17, 15) is 18.0 Å². The van der Waals surface area contributed by atoms with Crippen LogP contribution >= 0.6 is 0 Å². The molecule has 3 heterocycles. The quantitative estimate of drug-likeness (QED) is 0.791. The number of urea groups is 1. The van der Waals surface area contributed by atoms with Crippen molar-refractivity contribution in [2.24, 2.45) is 0 Å². The zero-order valence-electron chi connectivity index (χ0n) is 15.3. The molecule has 2 aliphatic rings. The van der Waals surface area contributed by atoms with Gasteiger partial charge in [0.2, 0.25) is 0 Å². The van der Waals surface area contributed by atoms with Crippen molar-refractivity contribution in [3.05, 3.63) is 42.2 Å². The summed E-state index contributed by atoms with van der Waals surface area (Å²) in [4.78, 5) is 18.4. The first kappa shape index (κ1) is 18.6. The smallest absolute Gasteiger partial charge is 0.404 e. The Morgan fingerprint density at radius 2 is 1.96 bits per heavy atom. The van der Waals surface area contributed by atoms with Gasteiger partial charge >= 0.3 is 12.4 Å². The van der Waals surface area contributed by atoms with E-state index in [1.807, 2.05) is 17.9 Å². The van der Waals surface area contributed by atoms with E-state index < -0.39 is 6.36 Å². The maximum Gasteiger partial charge on any atom is 0.573 e. The second kappa shape index (κ2) is 7.00. The number of carbonyl (C=O) groups excluding carboxylic acids is 1. The highest BCUT2D eigenvalue weighted by atomic mass is 19.4. The van der Waals surface area contributed by atoms with Crippen molar-refractivity contribution >= 4 is 11.7 Å². The van der Waals surface area contributed by atoms with Gasteiger partial charge in [-0.1, -0.05) is 6.07 Å². The predicted molar refractivity (Wildman–Crippen MR) is 98.0 cm³/mol. The number of ether oxygens (including phenoxy) is 1. The fourth-order valence-electron chi connectivity index (χ4n) is 4.09. The normalized spacial score (nSPS) is 21.1. The summed E-state index contributed by atoms with van der Waals surface area (Å²) in [6, 6.07) is 7.16. The second-order valence-corrected chi connectivity index (χ2v) is 7.30. The number of alkyl halides is 3. The Morgan fingerprint density at radius 3 is 2.64 bits per heavy atom. The first-order chi connectivity index (χ1) is 13.3. The molecule has 2 amide bonds. The van der Waals surface area contributed by atoms with Gasteiger partial charge in [-0.3, -0.25) is 4.98 Å². The summed E-state index contributed by atoms with van der Waals surface area (Å²) in [6.07, 6.45) is 2.03. The number of aromatic nitrogens is 1. The van der Waals surface area contributed by atoms with Crippen molar-refractivity contribution < 1.29 is 22.7 Å². The lowest BCUT2D eigenvalue weighted by molar-refractivity contribution is -0.274. The standard InChI is InChI=1S/C20H20F3N3O2/c1-12-5-6-14(25-19(27)26-15-3-2-4-16(26)9-15)8-18(12)13-7-17(11-24-10-13)28-20(21,22)23/h5-8,10-11,15-16H,2-4,9H2,1H3,(H,25,27). The number of piperidine rings is 1. The van der Waals surface area contributed by atoms with Crippen molar-refractivity contribution in [1.82, 2.24) is 9.88 Å². The molecule has 2 bridgehead atoms. The molecule has 2 unspecified atom stereocenters. The molecular formula is C20H20F3N3O2. The van der Waals surface area contributed by atoms with Gasteiger partial charge in [-0.15, -0.1) is 13.2 Å². The van der Waals surface area contributed by atoms with E-state index in [1.165, 1.54) is 12.3 Å². The van der Waals surface area contributed by atoms with Crippen LogP contribution in [0.1, 0.15) is 31.2 Å². The fourth-order valence-corrected chi connectivity index (χ4v) is 4.09. The van der Waals surface area contributed by atoms with Crippen LogP contribution in [0, 0.1) is 6.92 Å². The van der Waals surface area contributed by atoms with E-state index in [-0.39, 0.29) is 11.8 Å². The summed E-state index contributed by atoms with van der Waals surface area (Å²) in [7, 11) is 0. The van der Waals surface area contributed by atoms with Crippen LogP contribution in [0.2, 0.25) is 0 Å². The van der Waals surface area contributed by atoms with Crippen LogP contribution in [0.15, 0.2) is 36.7 Å². The van der Waals surface area contributed by atoms with Gasteiger partial charge in [0.25, 0.3) is 0 Å².